The van der Waals surface area contributed by atoms with Gasteiger partial charge in [-0.2, -0.15) is 0 Å². The molecule has 4 heteroatoms. The van der Waals surface area contributed by atoms with Crippen LogP contribution in [0, 0.1) is 23.2 Å². The Hall–Kier alpha value is -1.58. The van der Waals surface area contributed by atoms with E-state index in [-0.39, 0.29) is 5.41 Å². The van der Waals surface area contributed by atoms with Gasteiger partial charge in [0.1, 0.15) is 5.82 Å². The lowest BCUT2D eigenvalue weighted by atomic mass is 9.49. The van der Waals surface area contributed by atoms with Crippen LogP contribution in [0.5, 0.6) is 0 Å². The van der Waals surface area contributed by atoms with Crippen molar-refractivity contribution < 1.29 is 4.79 Å². The van der Waals surface area contributed by atoms with Crippen molar-refractivity contribution in [3.63, 3.8) is 0 Å². The lowest BCUT2D eigenvalue weighted by molar-refractivity contribution is -0.146. The van der Waals surface area contributed by atoms with E-state index in [0.29, 0.717) is 12.5 Å². The second-order valence-electron chi connectivity index (χ2n) is 9.10. The van der Waals surface area contributed by atoms with Gasteiger partial charge in [0.15, 0.2) is 0 Å². The minimum absolute atomic E-state index is 0.0440. The summed E-state index contributed by atoms with van der Waals surface area (Å²) in [5.74, 6) is 3.85. The molecule has 25 heavy (non-hydrogen) atoms. The molecule has 1 aromatic rings. The third kappa shape index (κ3) is 2.84. The number of nitrogens with zero attached hydrogens (tertiary/aromatic N) is 2. The first-order chi connectivity index (χ1) is 12.2. The predicted octanol–water partition coefficient (Wildman–Crippen LogP) is 3.51. The maximum Gasteiger partial charge on any atom is 0.226 e. The van der Waals surface area contributed by atoms with Crippen LogP contribution in [0.25, 0.3) is 0 Å². The predicted molar refractivity (Wildman–Crippen MR) is 98.1 cm³/mol. The SMILES string of the molecule is O=C(NCc1ccc(N2CCCC2)nc1)C12CC3CC(CC(C3)C1)C2. The smallest absolute Gasteiger partial charge is 0.226 e. The molecular weight excluding hydrogens is 310 g/mol. The summed E-state index contributed by atoms with van der Waals surface area (Å²) in [6, 6.07) is 4.23. The third-order valence-corrected chi connectivity index (χ3v) is 7.21. The molecule has 0 spiro atoms. The molecule has 4 nitrogen and oxygen atoms in total. The van der Waals surface area contributed by atoms with Crippen LogP contribution in [0.3, 0.4) is 0 Å². The molecular formula is C21H29N3O. The Morgan fingerprint density at radius 2 is 1.72 bits per heavy atom. The third-order valence-electron chi connectivity index (χ3n) is 7.21. The summed E-state index contributed by atoms with van der Waals surface area (Å²) in [7, 11) is 0. The average molecular weight is 339 g/mol. The van der Waals surface area contributed by atoms with Gasteiger partial charge in [0.05, 0.1) is 0 Å². The Morgan fingerprint density at radius 3 is 2.28 bits per heavy atom. The normalized spacial score (nSPS) is 36.0. The van der Waals surface area contributed by atoms with Gasteiger partial charge in [0, 0.05) is 31.2 Å². The van der Waals surface area contributed by atoms with E-state index in [0.717, 1.165) is 61.5 Å². The van der Waals surface area contributed by atoms with Gasteiger partial charge < -0.3 is 10.2 Å². The Labute approximate surface area is 150 Å². The zero-order valence-electron chi connectivity index (χ0n) is 15.0. The molecule has 2 heterocycles. The molecule has 1 saturated heterocycles. The number of amides is 1. The summed E-state index contributed by atoms with van der Waals surface area (Å²) in [5, 5.41) is 3.25. The first kappa shape index (κ1) is 15.7. The minimum Gasteiger partial charge on any atom is -0.357 e. The van der Waals surface area contributed by atoms with E-state index < -0.39 is 0 Å². The summed E-state index contributed by atoms with van der Waals surface area (Å²) in [6.45, 7) is 2.86. The Bertz CT molecular complexity index is 612. The Kier molecular flexibility index (Phi) is 3.76. The highest BCUT2D eigenvalue weighted by Crippen LogP contribution is 2.60. The van der Waals surface area contributed by atoms with Crippen LogP contribution in [0.15, 0.2) is 18.3 Å². The Balaban J connectivity index is 1.22. The largest absolute Gasteiger partial charge is 0.357 e. The molecule has 6 rings (SSSR count). The van der Waals surface area contributed by atoms with E-state index in [1.165, 1.54) is 32.1 Å². The summed E-state index contributed by atoms with van der Waals surface area (Å²) in [4.78, 5) is 20.0. The quantitative estimate of drug-likeness (QED) is 0.913. The summed E-state index contributed by atoms with van der Waals surface area (Å²) in [6.07, 6.45) is 12.0. The first-order valence-corrected chi connectivity index (χ1v) is 10.2. The second-order valence-corrected chi connectivity index (χ2v) is 9.10. The van der Waals surface area contributed by atoms with Crippen molar-refractivity contribution in [2.75, 3.05) is 18.0 Å². The number of anilines is 1. The maximum atomic E-state index is 13.0. The van der Waals surface area contributed by atoms with Gasteiger partial charge in [-0.05, 0) is 80.8 Å². The number of nitrogens with one attached hydrogen (secondary N) is 1. The van der Waals surface area contributed by atoms with Crippen LogP contribution >= 0.6 is 0 Å². The van der Waals surface area contributed by atoms with E-state index in [4.69, 9.17) is 0 Å². The van der Waals surface area contributed by atoms with Crippen LogP contribution < -0.4 is 10.2 Å². The molecule has 5 fully saturated rings. The topological polar surface area (TPSA) is 45.2 Å². The molecule has 4 aliphatic carbocycles. The Morgan fingerprint density at radius 1 is 1.08 bits per heavy atom. The number of carbonyl (C=O) groups excluding carboxylic acids is 1. The minimum atomic E-state index is -0.0440. The monoisotopic (exact) mass is 339 g/mol. The molecule has 4 saturated carbocycles. The van der Waals surface area contributed by atoms with Crippen molar-refractivity contribution in [3.05, 3.63) is 23.9 Å². The first-order valence-electron chi connectivity index (χ1n) is 10.2. The molecule has 5 aliphatic rings. The van der Waals surface area contributed by atoms with Crippen molar-refractivity contribution in [3.8, 4) is 0 Å². The number of aromatic nitrogens is 1. The van der Waals surface area contributed by atoms with E-state index in [9.17, 15) is 4.79 Å². The van der Waals surface area contributed by atoms with Crippen LogP contribution in [0.2, 0.25) is 0 Å². The zero-order valence-corrected chi connectivity index (χ0v) is 15.0. The maximum absolute atomic E-state index is 13.0. The van der Waals surface area contributed by atoms with Gasteiger partial charge >= 0.3 is 0 Å². The average Bonchev–Trinajstić information content (AvgIpc) is 3.13. The molecule has 0 unspecified atom stereocenters. The fraction of sp³-hybridized carbons (Fsp3) is 0.714. The summed E-state index contributed by atoms with van der Waals surface area (Å²) < 4.78 is 0. The second kappa shape index (κ2) is 6.00. The molecule has 4 bridgehead atoms. The zero-order chi connectivity index (χ0) is 16.9. The number of carbonyl (C=O) groups is 1. The van der Waals surface area contributed by atoms with Gasteiger partial charge in [-0.3, -0.25) is 4.79 Å². The number of hydrogen-bond acceptors (Lipinski definition) is 3. The lowest BCUT2D eigenvalue weighted by Gasteiger charge is -2.55. The molecule has 1 amide bonds. The highest BCUT2D eigenvalue weighted by molar-refractivity contribution is 5.83. The van der Waals surface area contributed by atoms with Gasteiger partial charge in [-0.15, -0.1) is 0 Å². The number of rotatable bonds is 4. The van der Waals surface area contributed by atoms with Crippen LogP contribution in [-0.4, -0.2) is 24.0 Å². The van der Waals surface area contributed by atoms with Crippen molar-refractivity contribution in [2.45, 2.75) is 57.9 Å². The molecule has 1 N–H and O–H groups in total. The highest BCUT2D eigenvalue weighted by atomic mass is 16.2. The van der Waals surface area contributed by atoms with Crippen molar-refractivity contribution >= 4 is 11.7 Å². The standard InChI is InChI=1S/C21H29N3O/c25-20(21-10-16-7-17(11-21)9-18(8-16)12-21)23-14-15-3-4-19(22-13-15)24-5-1-2-6-24/h3-4,13,16-18H,1-2,5-12,14H2,(H,23,25). The van der Waals surface area contributed by atoms with E-state index in [2.05, 4.69) is 27.3 Å². The molecule has 0 atom stereocenters. The van der Waals surface area contributed by atoms with Crippen LogP contribution in [0.4, 0.5) is 5.82 Å². The lowest BCUT2D eigenvalue weighted by Crippen LogP contribution is -2.53. The number of hydrogen-bond donors (Lipinski definition) is 1. The molecule has 0 aromatic carbocycles. The molecule has 134 valence electrons. The highest BCUT2D eigenvalue weighted by Gasteiger charge is 2.54. The van der Waals surface area contributed by atoms with Crippen LogP contribution in [-0.2, 0) is 11.3 Å². The molecule has 1 aliphatic heterocycles. The van der Waals surface area contributed by atoms with Crippen molar-refractivity contribution in [1.29, 1.82) is 0 Å². The summed E-state index contributed by atoms with van der Waals surface area (Å²) in [5.41, 5.74) is 1.07. The van der Waals surface area contributed by atoms with E-state index in [1.807, 2.05) is 6.20 Å². The molecule has 0 radical (unpaired) electrons. The van der Waals surface area contributed by atoms with E-state index in [1.54, 1.807) is 0 Å². The fourth-order valence-corrected chi connectivity index (χ4v) is 6.41. The van der Waals surface area contributed by atoms with E-state index >= 15 is 0 Å². The summed E-state index contributed by atoms with van der Waals surface area (Å²) >= 11 is 0. The van der Waals surface area contributed by atoms with Gasteiger partial charge in [-0.25, -0.2) is 4.98 Å². The van der Waals surface area contributed by atoms with Crippen molar-refractivity contribution in [1.82, 2.24) is 10.3 Å². The van der Waals surface area contributed by atoms with Gasteiger partial charge in [0.2, 0.25) is 5.91 Å². The van der Waals surface area contributed by atoms with Crippen molar-refractivity contribution in [2.24, 2.45) is 23.2 Å². The number of pyridine rings is 1. The van der Waals surface area contributed by atoms with Crippen LogP contribution in [0.1, 0.15) is 56.9 Å². The van der Waals surface area contributed by atoms with Gasteiger partial charge in [0.25, 0.3) is 0 Å². The molecule has 1 aromatic heterocycles. The van der Waals surface area contributed by atoms with Gasteiger partial charge in [-0.1, -0.05) is 6.07 Å². The fourth-order valence-electron chi connectivity index (χ4n) is 6.41.